The molecule has 3 N–H and O–H groups in total. The summed E-state index contributed by atoms with van der Waals surface area (Å²) in [6.07, 6.45) is 1.39. The van der Waals surface area contributed by atoms with E-state index in [2.05, 4.69) is 4.72 Å². The number of hydrogen-bond acceptors (Lipinski definition) is 5. The summed E-state index contributed by atoms with van der Waals surface area (Å²) in [5.74, 6) is 0. The Morgan fingerprint density at radius 3 is 2.50 bits per heavy atom. The van der Waals surface area contributed by atoms with Gasteiger partial charge in [-0.15, -0.1) is 11.3 Å². The Labute approximate surface area is 112 Å². The summed E-state index contributed by atoms with van der Waals surface area (Å²) in [6.45, 7) is 4.05. The average Bonchev–Trinajstić information content (AvgIpc) is 2.85. The minimum absolute atomic E-state index is 0.147. The van der Waals surface area contributed by atoms with Gasteiger partial charge in [0.1, 0.15) is 15.2 Å². The van der Waals surface area contributed by atoms with Gasteiger partial charge in [0.2, 0.25) is 10.0 Å². The molecule has 0 saturated carbocycles. The first-order valence-corrected chi connectivity index (χ1v) is 7.95. The van der Waals surface area contributed by atoms with E-state index in [0.717, 1.165) is 11.3 Å². The topological polar surface area (TPSA) is 96.0 Å². The van der Waals surface area contributed by atoms with E-state index >= 15 is 0 Å². The van der Waals surface area contributed by atoms with Gasteiger partial charge in [-0.05, 0) is 25.0 Å². The van der Waals surface area contributed by atoms with Crippen LogP contribution in [-0.4, -0.2) is 20.5 Å². The Bertz CT molecular complexity index is 539. The molecule has 0 spiro atoms. The molecule has 0 bridgehead atoms. The molecule has 1 rings (SSSR count). The summed E-state index contributed by atoms with van der Waals surface area (Å²) in [5.41, 5.74) is 5.51. The molecule has 0 amide bonds. The highest BCUT2D eigenvalue weighted by molar-refractivity contribution is 7.91. The monoisotopic (exact) mass is 287 g/mol. The number of rotatable bonds is 6. The van der Waals surface area contributed by atoms with Gasteiger partial charge < -0.3 is 5.73 Å². The van der Waals surface area contributed by atoms with E-state index < -0.39 is 15.6 Å². The number of nitriles is 1. The summed E-state index contributed by atoms with van der Waals surface area (Å²) in [6, 6.07) is 4.84. The quantitative estimate of drug-likeness (QED) is 0.827. The summed E-state index contributed by atoms with van der Waals surface area (Å²) >= 11 is 0.953. The fraction of sp³-hybridized carbons (Fsp3) is 0.545. The first-order chi connectivity index (χ1) is 8.37. The zero-order chi connectivity index (χ0) is 13.8. The van der Waals surface area contributed by atoms with Crippen molar-refractivity contribution in [3.8, 4) is 6.07 Å². The molecule has 0 radical (unpaired) electrons. The lowest BCUT2D eigenvalue weighted by Crippen LogP contribution is -2.49. The molecule has 7 heteroatoms. The van der Waals surface area contributed by atoms with Crippen LogP contribution in [0.25, 0.3) is 0 Å². The van der Waals surface area contributed by atoms with Gasteiger partial charge in [-0.1, -0.05) is 13.8 Å². The average molecular weight is 287 g/mol. The van der Waals surface area contributed by atoms with Gasteiger partial charge in [-0.2, -0.15) is 5.26 Å². The van der Waals surface area contributed by atoms with Crippen molar-refractivity contribution in [3.05, 3.63) is 17.0 Å². The zero-order valence-electron chi connectivity index (χ0n) is 10.4. The minimum Gasteiger partial charge on any atom is -0.324 e. The number of nitrogens with two attached hydrogens (primary N) is 1. The fourth-order valence-electron chi connectivity index (χ4n) is 1.33. The fourth-order valence-corrected chi connectivity index (χ4v) is 3.62. The van der Waals surface area contributed by atoms with Crippen molar-refractivity contribution < 1.29 is 8.42 Å². The zero-order valence-corrected chi connectivity index (χ0v) is 12.1. The standard InChI is InChI=1S/C11H17N3O2S2/c1-3-11(13,4-2)8-14-18(15,16)10-6-5-9(7-12)17-10/h5-6,14H,3-4,8,13H2,1-2H3. The van der Waals surface area contributed by atoms with E-state index in [9.17, 15) is 8.42 Å². The number of hydrogen-bond donors (Lipinski definition) is 2. The SMILES string of the molecule is CCC(N)(CC)CNS(=O)(=O)c1ccc(C#N)s1. The molecule has 0 fully saturated rings. The molecule has 0 aliphatic heterocycles. The van der Waals surface area contributed by atoms with Crippen molar-refractivity contribution in [1.82, 2.24) is 4.72 Å². The second kappa shape index (κ2) is 5.80. The van der Waals surface area contributed by atoms with Crippen molar-refractivity contribution in [1.29, 1.82) is 5.26 Å². The van der Waals surface area contributed by atoms with Crippen LogP contribution >= 0.6 is 11.3 Å². The van der Waals surface area contributed by atoms with Crippen molar-refractivity contribution in [2.24, 2.45) is 5.73 Å². The maximum absolute atomic E-state index is 12.0. The number of sulfonamides is 1. The molecule has 0 unspecified atom stereocenters. The second-order valence-electron chi connectivity index (χ2n) is 4.12. The lowest BCUT2D eigenvalue weighted by molar-refractivity contribution is 0.392. The molecule has 1 aromatic heterocycles. The van der Waals surface area contributed by atoms with Gasteiger partial charge in [-0.25, -0.2) is 13.1 Å². The Hall–Kier alpha value is -0.940. The maximum atomic E-state index is 12.0. The van der Waals surface area contributed by atoms with Gasteiger partial charge >= 0.3 is 0 Å². The van der Waals surface area contributed by atoms with Gasteiger partial charge in [0, 0.05) is 12.1 Å². The predicted molar refractivity (Wildman–Crippen MR) is 71.7 cm³/mol. The number of nitrogens with one attached hydrogen (secondary N) is 1. The Balaban J connectivity index is 2.81. The van der Waals surface area contributed by atoms with Gasteiger partial charge in [0.05, 0.1) is 0 Å². The Morgan fingerprint density at radius 2 is 2.06 bits per heavy atom. The van der Waals surface area contributed by atoms with Crippen LogP contribution < -0.4 is 10.5 Å². The van der Waals surface area contributed by atoms with Gasteiger partial charge in [0.15, 0.2) is 0 Å². The van der Waals surface area contributed by atoms with Gasteiger partial charge in [0.25, 0.3) is 0 Å². The first kappa shape index (κ1) is 15.1. The molecule has 18 heavy (non-hydrogen) atoms. The van der Waals surface area contributed by atoms with E-state index in [0.29, 0.717) is 17.7 Å². The van der Waals surface area contributed by atoms with Crippen LogP contribution in [0.4, 0.5) is 0 Å². The third-order valence-corrected chi connectivity index (χ3v) is 5.86. The summed E-state index contributed by atoms with van der Waals surface area (Å²) in [5, 5.41) is 8.68. The number of nitrogens with zero attached hydrogens (tertiary/aromatic N) is 1. The summed E-state index contributed by atoms with van der Waals surface area (Å²) in [7, 11) is -3.57. The summed E-state index contributed by atoms with van der Waals surface area (Å²) in [4.78, 5) is 0.375. The van der Waals surface area contributed by atoms with Crippen molar-refractivity contribution >= 4 is 21.4 Å². The molecule has 0 aliphatic carbocycles. The molecule has 0 aliphatic rings. The third kappa shape index (κ3) is 3.53. The van der Waals surface area contributed by atoms with E-state index in [-0.39, 0.29) is 10.8 Å². The van der Waals surface area contributed by atoms with Crippen molar-refractivity contribution in [2.75, 3.05) is 6.54 Å². The smallest absolute Gasteiger partial charge is 0.250 e. The largest absolute Gasteiger partial charge is 0.324 e. The summed E-state index contributed by atoms with van der Waals surface area (Å²) < 4.78 is 26.6. The molecule has 1 aromatic rings. The molecule has 0 atom stereocenters. The van der Waals surface area contributed by atoms with E-state index in [1.165, 1.54) is 12.1 Å². The highest BCUT2D eigenvalue weighted by Crippen LogP contribution is 2.21. The molecular formula is C11H17N3O2S2. The van der Waals surface area contributed by atoms with Crippen LogP contribution in [0, 0.1) is 11.3 Å². The predicted octanol–water partition coefficient (Wildman–Crippen LogP) is 1.42. The van der Waals surface area contributed by atoms with Crippen molar-refractivity contribution in [3.63, 3.8) is 0 Å². The number of thiophene rings is 1. The van der Waals surface area contributed by atoms with Crippen molar-refractivity contribution in [2.45, 2.75) is 36.4 Å². The van der Waals surface area contributed by atoms with E-state index in [1.54, 1.807) is 0 Å². The maximum Gasteiger partial charge on any atom is 0.250 e. The first-order valence-electron chi connectivity index (χ1n) is 5.65. The molecule has 100 valence electrons. The Kier molecular flexibility index (Phi) is 4.87. The highest BCUT2D eigenvalue weighted by atomic mass is 32.2. The molecule has 1 heterocycles. The normalized spacial score (nSPS) is 12.3. The van der Waals surface area contributed by atoms with Crippen LogP contribution in [0.15, 0.2) is 16.3 Å². The van der Waals surface area contributed by atoms with Crippen LogP contribution in [0.2, 0.25) is 0 Å². The van der Waals surface area contributed by atoms with Crippen LogP contribution in [0.5, 0.6) is 0 Å². The molecule has 0 aromatic carbocycles. The van der Waals surface area contributed by atoms with Crippen LogP contribution in [0.1, 0.15) is 31.6 Å². The van der Waals surface area contributed by atoms with E-state index in [1.807, 2.05) is 19.9 Å². The minimum atomic E-state index is -3.57. The lowest BCUT2D eigenvalue weighted by atomic mass is 9.95. The third-order valence-electron chi connectivity index (χ3n) is 2.98. The molecule has 0 saturated heterocycles. The van der Waals surface area contributed by atoms with Gasteiger partial charge in [-0.3, -0.25) is 0 Å². The highest BCUT2D eigenvalue weighted by Gasteiger charge is 2.24. The molecular weight excluding hydrogens is 270 g/mol. The second-order valence-corrected chi connectivity index (χ2v) is 7.20. The van der Waals surface area contributed by atoms with E-state index in [4.69, 9.17) is 11.0 Å². The lowest BCUT2D eigenvalue weighted by Gasteiger charge is -2.26. The Morgan fingerprint density at radius 1 is 1.44 bits per heavy atom. The van der Waals surface area contributed by atoms with Crippen LogP contribution in [-0.2, 0) is 10.0 Å². The molecule has 5 nitrogen and oxygen atoms in total. The van der Waals surface area contributed by atoms with Crippen LogP contribution in [0.3, 0.4) is 0 Å².